The fraction of sp³-hybridized carbons (Fsp3) is 0.850. The van der Waals surface area contributed by atoms with E-state index in [1.54, 1.807) is 0 Å². The molecular weight excluding hydrogens is 344 g/mol. The first-order valence-electron chi connectivity index (χ1n) is 10.6. The maximum atomic E-state index is 12.5. The molecule has 2 aliphatic rings. The SMILES string of the molecule is CCCc1cn(CC[C@H]2CC[C@@H](NC(=O)C3CCCCC3)[C@H](CO)O2)nn1. The van der Waals surface area contributed by atoms with Gasteiger partial charge in [0.15, 0.2) is 0 Å². The van der Waals surface area contributed by atoms with Crippen LogP contribution in [-0.2, 0) is 22.5 Å². The molecule has 0 unspecified atom stereocenters. The van der Waals surface area contributed by atoms with Crippen LogP contribution in [0.25, 0.3) is 0 Å². The molecule has 1 aliphatic heterocycles. The van der Waals surface area contributed by atoms with Gasteiger partial charge in [-0.1, -0.05) is 37.8 Å². The summed E-state index contributed by atoms with van der Waals surface area (Å²) in [5.41, 5.74) is 1.03. The average molecular weight is 379 g/mol. The molecule has 152 valence electrons. The molecule has 7 heteroatoms. The van der Waals surface area contributed by atoms with E-state index in [4.69, 9.17) is 4.74 Å². The van der Waals surface area contributed by atoms with Crippen molar-refractivity contribution in [2.45, 2.75) is 95.9 Å². The Labute approximate surface area is 161 Å². The van der Waals surface area contributed by atoms with Crippen molar-refractivity contribution < 1.29 is 14.6 Å². The molecule has 3 rings (SSSR count). The summed E-state index contributed by atoms with van der Waals surface area (Å²) in [6, 6.07) is -0.0804. The Morgan fingerprint density at radius 1 is 1.30 bits per heavy atom. The van der Waals surface area contributed by atoms with Gasteiger partial charge in [-0.25, -0.2) is 0 Å². The number of amides is 1. The summed E-state index contributed by atoms with van der Waals surface area (Å²) >= 11 is 0. The molecule has 1 amide bonds. The molecule has 2 N–H and O–H groups in total. The minimum absolute atomic E-state index is 0.0594. The van der Waals surface area contributed by atoms with Gasteiger partial charge in [0.2, 0.25) is 5.91 Å². The molecule has 0 radical (unpaired) electrons. The number of aryl methyl sites for hydroxylation is 2. The van der Waals surface area contributed by atoms with E-state index in [0.29, 0.717) is 0 Å². The highest BCUT2D eigenvalue weighted by molar-refractivity contribution is 5.79. The predicted octanol–water partition coefficient (Wildman–Crippen LogP) is 2.23. The monoisotopic (exact) mass is 378 g/mol. The summed E-state index contributed by atoms with van der Waals surface area (Å²) < 4.78 is 7.96. The zero-order valence-electron chi connectivity index (χ0n) is 16.5. The van der Waals surface area contributed by atoms with Crippen LogP contribution in [0.2, 0.25) is 0 Å². The van der Waals surface area contributed by atoms with Crippen molar-refractivity contribution >= 4 is 5.91 Å². The Morgan fingerprint density at radius 3 is 2.85 bits per heavy atom. The van der Waals surface area contributed by atoms with Crippen molar-refractivity contribution in [2.75, 3.05) is 6.61 Å². The summed E-state index contributed by atoms with van der Waals surface area (Å²) in [4.78, 5) is 12.5. The molecule has 0 aromatic carbocycles. The van der Waals surface area contributed by atoms with Crippen LogP contribution in [0, 0.1) is 5.92 Å². The third kappa shape index (κ3) is 5.75. The molecule has 2 fully saturated rings. The van der Waals surface area contributed by atoms with Crippen LogP contribution in [-0.4, -0.2) is 50.9 Å². The van der Waals surface area contributed by atoms with Crippen molar-refractivity contribution in [1.82, 2.24) is 20.3 Å². The smallest absolute Gasteiger partial charge is 0.223 e. The number of nitrogens with one attached hydrogen (secondary N) is 1. The van der Waals surface area contributed by atoms with E-state index in [2.05, 4.69) is 22.6 Å². The number of aliphatic hydroxyl groups excluding tert-OH is 1. The molecule has 0 spiro atoms. The number of aliphatic hydroxyl groups is 1. The van der Waals surface area contributed by atoms with E-state index in [9.17, 15) is 9.90 Å². The van der Waals surface area contributed by atoms with Gasteiger partial charge in [0.05, 0.1) is 24.4 Å². The maximum Gasteiger partial charge on any atom is 0.223 e. The number of nitrogens with zero attached hydrogens (tertiary/aromatic N) is 3. The standard InChI is InChI=1S/C20H34N4O3/c1-2-6-16-13-24(23-22-16)12-11-17-9-10-18(19(14-25)27-17)21-20(26)15-7-4-3-5-8-15/h13,15,17-19,25H,2-12,14H2,1H3,(H,21,26)/t17-,18-,19+/m1/s1. The summed E-state index contributed by atoms with van der Waals surface area (Å²) in [5.74, 6) is 0.284. The fourth-order valence-electron chi connectivity index (χ4n) is 4.27. The Balaban J connectivity index is 1.44. The van der Waals surface area contributed by atoms with Crippen molar-refractivity contribution in [3.05, 3.63) is 11.9 Å². The Bertz CT molecular complexity index is 586. The highest BCUT2D eigenvalue weighted by Crippen LogP contribution is 2.26. The van der Waals surface area contributed by atoms with E-state index in [-0.39, 0.29) is 36.7 Å². The molecule has 1 saturated heterocycles. The fourth-order valence-corrected chi connectivity index (χ4v) is 4.27. The highest BCUT2D eigenvalue weighted by atomic mass is 16.5. The van der Waals surface area contributed by atoms with Crippen molar-refractivity contribution in [3.63, 3.8) is 0 Å². The van der Waals surface area contributed by atoms with E-state index < -0.39 is 0 Å². The molecule has 2 heterocycles. The van der Waals surface area contributed by atoms with E-state index in [1.807, 2.05) is 10.9 Å². The lowest BCUT2D eigenvalue weighted by molar-refractivity contribution is -0.133. The minimum atomic E-state index is -0.317. The summed E-state index contributed by atoms with van der Waals surface area (Å²) in [5, 5.41) is 21.2. The normalized spacial score (nSPS) is 26.8. The summed E-state index contributed by atoms with van der Waals surface area (Å²) in [6.45, 7) is 2.84. The number of aromatic nitrogens is 3. The van der Waals surface area contributed by atoms with Gasteiger partial charge in [0.1, 0.15) is 6.10 Å². The van der Waals surface area contributed by atoms with Gasteiger partial charge in [-0.05, 0) is 38.5 Å². The van der Waals surface area contributed by atoms with E-state index >= 15 is 0 Å². The van der Waals surface area contributed by atoms with Gasteiger partial charge in [0, 0.05) is 18.7 Å². The molecule has 1 aliphatic carbocycles. The largest absolute Gasteiger partial charge is 0.394 e. The van der Waals surface area contributed by atoms with Crippen LogP contribution in [0.5, 0.6) is 0 Å². The molecule has 7 nitrogen and oxygen atoms in total. The van der Waals surface area contributed by atoms with Crippen molar-refractivity contribution in [2.24, 2.45) is 5.92 Å². The van der Waals surface area contributed by atoms with E-state index in [0.717, 1.165) is 70.0 Å². The van der Waals surface area contributed by atoms with Gasteiger partial charge >= 0.3 is 0 Å². The second-order valence-electron chi connectivity index (χ2n) is 8.02. The van der Waals surface area contributed by atoms with Crippen molar-refractivity contribution in [3.8, 4) is 0 Å². The molecule has 1 aromatic rings. The first-order valence-corrected chi connectivity index (χ1v) is 10.6. The van der Waals surface area contributed by atoms with Gasteiger partial charge in [0.25, 0.3) is 0 Å². The first-order chi connectivity index (χ1) is 13.2. The van der Waals surface area contributed by atoms with Crippen LogP contribution >= 0.6 is 0 Å². The van der Waals surface area contributed by atoms with Crippen molar-refractivity contribution in [1.29, 1.82) is 0 Å². The number of carbonyl (C=O) groups is 1. The molecule has 1 saturated carbocycles. The number of hydrogen-bond acceptors (Lipinski definition) is 5. The second-order valence-corrected chi connectivity index (χ2v) is 8.02. The lowest BCUT2D eigenvalue weighted by Gasteiger charge is -2.37. The third-order valence-corrected chi connectivity index (χ3v) is 5.87. The molecule has 1 aromatic heterocycles. The predicted molar refractivity (Wildman–Crippen MR) is 102 cm³/mol. The first kappa shape index (κ1) is 20.3. The zero-order valence-corrected chi connectivity index (χ0v) is 16.5. The zero-order chi connectivity index (χ0) is 19.1. The second kappa shape index (κ2) is 10.2. The lowest BCUT2D eigenvalue weighted by atomic mass is 9.88. The van der Waals surface area contributed by atoms with Crippen LogP contribution < -0.4 is 5.32 Å². The summed E-state index contributed by atoms with van der Waals surface area (Å²) in [6.07, 6.45) is 11.9. The topological polar surface area (TPSA) is 89.3 Å². The lowest BCUT2D eigenvalue weighted by Crippen LogP contribution is -2.52. The quantitative estimate of drug-likeness (QED) is 0.724. The van der Waals surface area contributed by atoms with Crippen LogP contribution in [0.4, 0.5) is 0 Å². The number of hydrogen-bond donors (Lipinski definition) is 2. The number of rotatable bonds is 8. The van der Waals surface area contributed by atoms with Gasteiger partial charge in [-0.15, -0.1) is 5.10 Å². The Kier molecular flexibility index (Phi) is 7.64. The average Bonchev–Trinajstić information content (AvgIpc) is 3.15. The maximum absolute atomic E-state index is 12.5. The molecule has 0 bridgehead atoms. The molecular formula is C20H34N4O3. The highest BCUT2D eigenvalue weighted by Gasteiger charge is 2.33. The van der Waals surface area contributed by atoms with Crippen LogP contribution in [0.15, 0.2) is 6.20 Å². The van der Waals surface area contributed by atoms with Gasteiger partial charge in [-0.2, -0.15) is 0 Å². The van der Waals surface area contributed by atoms with Crippen LogP contribution in [0.1, 0.15) is 70.4 Å². The number of ether oxygens (including phenoxy) is 1. The molecule has 3 atom stereocenters. The Hall–Kier alpha value is -1.47. The number of carbonyl (C=O) groups excluding carboxylic acids is 1. The van der Waals surface area contributed by atoms with Gasteiger partial charge in [-0.3, -0.25) is 9.48 Å². The summed E-state index contributed by atoms with van der Waals surface area (Å²) in [7, 11) is 0. The van der Waals surface area contributed by atoms with Crippen LogP contribution in [0.3, 0.4) is 0 Å². The molecule has 27 heavy (non-hydrogen) atoms. The Morgan fingerprint density at radius 2 is 2.11 bits per heavy atom. The minimum Gasteiger partial charge on any atom is -0.394 e. The van der Waals surface area contributed by atoms with Gasteiger partial charge < -0.3 is 15.2 Å². The third-order valence-electron chi connectivity index (χ3n) is 5.87. The van der Waals surface area contributed by atoms with E-state index in [1.165, 1.54) is 6.42 Å².